The number of allylic oxidation sites excluding steroid dienone is 6. The van der Waals surface area contributed by atoms with Gasteiger partial charge in [0.1, 0.15) is 0 Å². The minimum Gasteiger partial charge on any atom is -0.198 e. The van der Waals surface area contributed by atoms with Crippen LogP contribution in [-0.4, -0.2) is 0 Å². The Labute approximate surface area is 90.4 Å². The summed E-state index contributed by atoms with van der Waals surface area (Å²) >= 11 is 0. The van der Waals surface area contributed by atoms with E-state index in [1.807, 2.05) is 0 Å². The van der Waals surface area contributed by atoms with Gasteiger partial charge < -0.3 is 0 Å². The van der Waals surface area contributed by atoms with Crippen molar-refractivity contribution < 1.29 is 17.4 Å². The fraction of sp³-hybridized carbons (Fsp3) is 0.250. The van der Waals surface area contributed by atoms with Gasteiger partial charge in [-0.25, -0.2) is 0 Å². The van der Waals surface area contributed by atoms with E-state index in [-0.39, 0.29) is 42.2 Å². The maximum absolute atomic E-state index is 3.26. The third kappa shape index (κ3) is 3.49. The first-order valence-electron chi connectivity index (χ1n) is 2.93. The Morgan fingerprint density at radius 3 is 2.27 bits per heavy atom. The van der Waals surface area contributed by atoms with Crippen LogP contribution in [0.15, 0.2) is 29.4 Å². The van der Waals surface area contributed by atoms with Crippen LogP contribution >= 0.6 is 24.8 Å². The van der Waals surface area contributed by atoms with Gasteiger partial charge in [0, 0.05) is 17.4 Å². The van der Waals surface area contributed by atoms with Crippen molar-refractivity contribution in [2.45, 2.75) is 12.8 Å². The third-order valence-electron chi connectivity index (χ3n) is 1.45. The van der Waals surface area contributed by atoms with Gasteiger partial charge in [-0.05, 0) is 0 Å². The molecule has 0 nitrogen and oxygen atoms in total. The summed E-state index contributed by atoms with van der Waals surface area (Å²) in [7, 11) is 0. The van der Waals surface area contributed by atoms with Crippen molar-refractivity contribution in [2.24, 2.45) is 0 Å². The molecule has 0 atom stereocenters. The standard InChI is InChI=1S/C8H7.2ClH.Cr/c1-2-4-7(3-1)8-5-6-8;;;/h1,3,5H,2,6H2;2*1H;/q-1;;;. The molecule has 0 aliphatic heterocycles. The largest absolute Gasteiger partial charge is 0.198 e. The third-order valence-corrected chi connectivity index (χ3v) is 1.45. The molecule has 0 spiro atoms. The SMILES string of the molecule is Cl.Cl.[C-]1=C(C2=CC2)C=CC1.[Cr]. The summed E-state index contributed by atoms with van der Waals surface area (Å²) in [4.78, 5) is 0. The van der Waals surface area contributed by atoms with Gasteiger partial charge in [0.2, 0.25) is 0 Å². The second-order valence-electron chi connectivity index (χ2n) is 2.13. The zero-order valence-corrected chi connectivity index (χ0v) is 8.78. The Bertz CT molecular complexity index is 204. The van der Waals surface area contributed by atoms with Crippen LogP contribution in [0.3, 0.4) is 0 Å². The maximum atomic E-state index is 3.26. The molecular weight excluding hydrogens is 219 g/mol. The molecule has 0 aromatic heterocycles. The monoisotopic (exact) mass is 227 g/mol. The predicted octanol–water partition coefficient (Wildman–Crippen LogP) is 2.85. The van der Waals surface area contributed by atoms with Gasteiger partial charge in [-0.15, -0.1) is 37.0 Å². The van der Waals surface area contributed by atoms with Gasteiger partial charge in [-0.1, -0.05) is 12.8 Å². The van der Waals surface area contributed by atoms with Crippen LogP contribution < -0.4 is 0 Å². The Balaban J connectivity index is 0. The molecule has 62 valence electrons. The van der Waals surface area contributed by atoms with Crippen LogP contribution in [0.2, 0.25) is 0 Å². The topological polar surface area (TPSA) is 0 Å². The van der Waals surface area contributed by atoms with Crippen molar-refractivity contribution in [3.8, 4) is 0 Å². The van der Waals surface area contributed by atoms with E-state index < -0.39 is 0 Å². The molecule has 0 bridgehead atoms. The zero-order chi connectivity index (χ0) is 5.40. The number of hydrogen-bond acceptors (Lipinski definition) is 0. The Hall–Kier alpha value is 0.332. The molecular formula is C8H9Cl2Cr-. The van der Waals surface area contributed by atoms with E-state index >= 15 is 0 Å². The molecule has 0 saturated heterocycles. The number of rotatable bonds is 1. The fourth-order valence-electron chi connectivity index (χ4n) is 0.896. The summed E-state index contributed by atoms with van der Waals surface area (Å²) in [6.45, 7) is 0. The molecule has 0 amide bonds. The van der Waals surface area contributed by atoms with Gasteiger partial charge in [-0.3, -0.25) is 0 Å². The maximum Gasteiger partial charge on any atom is 0 e. The van der Waals surface area contributed by atoms with Gasteiger partial charge in [0.25, 0.3) is 0 Å². The minimum absolute atomic E-state index is 0. The van der Waals surface area contributed by atoms with Crippen molar-refractivity contribution in [1.29, 1.82) is 0 Å². The van der Waals surface area contributed by atoms with Crippen molar-refractivity contribution >= 4 is 24.8 Å². The molecule has 0 N–H and O–H groups in total. The van der Waals surface area contributed by atoms with E-state index in [2.05, 4.69) is 24.3 Å². The van der Waals surface area contributed by atoms with Crippen LogP contribution in [0.1, 0.15) is 12.8 Å². The summed E-state index contributed by atoms with van der Waals surface area (Å²) in [6.07, 6.45) is 12.0. The van der Waals surface area contributed by atoms with Crippen LogP contribution in [-0.2, 0) is 17.4 Å². The van der Waals surface area contributed by atoms with E-state index in [4.69, 9.17) is 0 Å². The fourth-order valence-corrected chi connectivity index (χ4v) is 0.896. The molecule has 0 aromatic carbocycles. The van der Waals surface area contributed by atoms with Crippen LogP contribution in [0.5, 0.6) is 0 Å². The van der Waals surface area contributed by atoms with E-state index in [9.17, 15) is 0 Å². The molecule has 0 radical (unpaired) electrons. The Morgan fingerprint density at radius 2 is 1.91 bits per heavy atom. The number of halogens is 2. The Kier molecular flexibility index (Phi) is 7.47. The molecule has 2 rings (SSSR count). The summed E-state index contributed by atoms with van der Waals surface area (Å²) in [5.41, 5.74) is 2.82. The van der Waals surface area contributed by atoms with E-state index in [1.54, 1.807) is 0 Å². The second kappa shape index (κ2) is 5.92. The van der Waals surface area contributed by atoms with E-state index in [1.165, 1.54) is 17.6 Å². The summed E-state index contributed by atoms with van der Waals surface area (Å²) in [5, 5.41) is 0. The smallest absolute Gasteiger partial charge is 0 e. The molecule has 3 heteroatoms. The molecule has 0 heterocycles. The summed E-state index contributed by atoms with van der Waals surface area (Å²) in [6, 6.07) is 0. The molecule has 0 fully saturated rings. The first-order chi connectivity index (χ1) is 3.97. The first-order valence-corrected chi connectivity index (χ1v) is 2.93. The van der Waals surface area contributed by atoms with Gasteiger partial charge in [0.05, 0.1) is 0 Å². The molecule has 0 saturated carbocycles. The first kappa shape index (κ1) is 13.9. The van der Waals surface area contributed by atoms with Crippen molar-refractivity contribution in [2.75, 3.05) is 0 Å². The average molecular weight is 228 g/mol. The van der Waals surface area contributed by atoms with Crippen molar-refractivity contribution in [3.05, 3.63) is 35.5 Å². The zero-order valence-electron chi connectivity index (χ0n) is 5.87. The van der Waals surface area contributed by atoms with Gasteiger partial charge in [0.15, 0.2) is 0 Å². The van der Waals surface area contributed by atoms with Crippen molar-refractivity contribution in [1.82, 2.24) is 0 Å². The molecule has 2 aliphatic carbocycles. The van der Waals surface area contributed by atoms with Crippen LogP contribution in [0, 0.1) is 6.08 Å². The van der Waals surface area contributed by atoms with Crippen LogP contribution in [0.25, 0.3) is 0 Å². The van der Waals surface area contributed by atoms with E-state index in [0.717, 1.165) is 6.42 Å². The summed E-state index contributed by atoms with van der Waals surface area (Å²) in [5.74, 6) is 0. The normalized spacial score (nSPS) is 16.7. The predicted molar refractivity (Wildman–Crippen MR) is 47.7 cm³/mol. The van der Waals surface area contributed by atoms with Crippen LogP contribution in [0.4, 0.5) is 0 Å². The van der Waals surface area contributed by atoms with Crippen molar-refractivity contribution in [3.63, 3.8) is 0 Å². The minimum atomic E-state index is 0. The summed E-state index contributed by atoms with van der Waals surface area (Å²) < 4.78 is 0. The molecule has 0 aromatic rings. The Morgan fingerprint density at radius 1 is 1.27 bits per heavy atom. The quantitative estimate of drug-likeness (QED) is 0.605. The van der Waals surface area contributed by atoms with Gasteiger partial charge >= 0.3 is 0 Å². The van der Waals surface area contributed by atoms with E-state index in [0.29, 0.717) is 0 Å². The molecule has 11 heavy (non-hydrogen) atoms. The average Bonchev–Trinajstić information content (AvgIpc) is 2.49. The van der Waals surface area contributed by atoms with Gasteiger partial charge in [-0.2, -0.15) is 23.3 Å². The molecule has 0 unspecified atom stereocenters. The second-order valence-corrected chi connectivity index (χ2v) is 2.13. The number of hydrogen-bond donors (Lipinski definition) is 0. The molecule has 2 aliphatic rings.